The second-order valence-electron chi connectivity index (χ2n) is 9.21. The van der Waals surface area contributed by atoms with E-state index >= 15 is 0 Å². The summed E-state index contributed by atoms with van der Waals surface area (Å²) in [6, 6.07) is 2.50. The Bertz CT molecular complexity index is 1240. The molecule has 0 saturated heterocycles. The molecule has 1 heterocycles. The van der Waals surface area contributed by atoms with Gasteiger partial charge in [0.25, 0.3) is 0 Å². The van der Waals surface area contributed by atoms with Crippen LogP contribution in [0.2, 0.25) is 0 Å². The van der Waals surface area contributed by atoms with Gasteiger partial charge in [-0.25, -0.2) is 4.79 Å². The third-order valence-corrected chi connectivity index (χ3v) is 5.70. The van der Waals surface area contributed by atoms with Crippen LogP contribution in [0.1, 0.15) is 68.9 Å². The first-order chi connectivity index (χ1) is 16.5. The van der Waals surface area contributed by atoms with Crippen molar-refractivity contribution in [3.63, 3.8) is 0 Å². The smallest absolute Gasteiger partial charge is 0.351 e. The Morgan fingerprint density at radius 1 is 0.800 bits per heavy atom. The van der Waals surface area contributed by atoms with E-state index in [1.807, 2.05) is 46.8 Å². The molecular formula is C28H32O7. The molecule has 0 unspecified atom stereocenters. The van der Waals surface area contributed by atoms with Crippen molar-refractivity contribution < 1.29 is 34.7 Å². The van der Waals surface area contributed by atoms with Crippen LogP contribution in [-0.4, -0.2) is 26.4 Å². The molecule has 0 aliphatic carbocycles. The van der Waals surface area contributed by atoms with Crippen LogP contribution in [0.4, 0.5) is 0 Å². The number of phenols is 4. The van der Waals surface area contributed by atoms with Crippen molar-refractivity contribution in [2.75, 3.05) is 0 Å². The van der Waals surface area contributed by atoms with Crippen LogP contribution in [0.5, 0.6) is 40.2 Å². The summed E-state index contributed by atoms with van der Waals surface area (Å²) in [4.78, 5) is 13.1. The zero-order valence-electron chi connectivity index (χ0n) is 20.7. The van der Waals surface area contributed by atoms with E-state index in [1.165, 1.54) is 17.7 Å². The fraction of sp³-hybridized carbons (Fsp3) is 0.321. The average molecular weight is 481 g/mol. The van der Waals surface area contributed by atoms with Gasteiger partial charge in [0.05, 0.1) is 0 Å². The second kappa shape index (κ2) is 10.6. The maximum atomic E-state index is 13.1. The lowest BCUT2D eigenvalue weighted by Crippen LogP contribution is -2.09. The number of aromatic hydroxyl groups is 4. The molecule has 186 valence electrons. The molecule has 0 fully saturated rings. The molecular weight excluding hydrogens is 448 g/mol. The summed E-state index contributed by atoms with van der Waals surface area (Å²) >= 11 is 0. The fourth-order valence-electron chi connectivity index (χ4n) is 3.71. The van der Waals surface area contributed by atoms with Crippen molar-refractivity contribution in [3.05, 3.63) is 63.8 Å². The molecule has 0 aromatic heterocycles. The van der Waals surface area contributed by atoms with Gasteiger partial charge in [0.15, 0.2) is 11.5 Å². The van der Waals surface area contributed by atoms with Crippen molar-refractivity contribution in [1.82, 2.24) is 0 Å². The highest BCUT2D eigenvalue weighted by molar-refractivity contribution is 5.99. The Labute approximate surface area is 205 Å². The normalized spacial score (nSPS) is 12.6. The fourth-order valence-corrected chi connectivity index (χ4v) is 3.71. The van der Waals surface area contributed by atoms with Gasteiger partial charge in [-0.3, -0.25) is 0 Å². The largest absolute Gasteiger partial charge is 0.507 e. The van der Waals surface area contributed by atoms with Crippen LogP contribution in [-0.2, 0) is 12.8 Å². The van der Waals surface area contributed by atoms with Gasteiger partial charge < -0.3 is 29.9 Å². The molecule has 0 spiro atoms. The van der Waals surface area contributed by atoms with Crippen LogP contribution >= 0.6 is 0 Å². The van der Waals surface area contributed by atoms with Crippen LogP contribution in [0, 0.1) is 0 Å². The molecule has 0 bridgehead atoms. The first-order valence-electron chi connectivity index (χ1n) is 11.5. The first-order valence-corrected chi connectivity index (χ1v) is 11.5. The lowest BCUT2D eigenvalue weighted by Gasteiger charge is -2.14. The molecule has 3 rings (SSSR count). The van der Waals surface area contributed by atoms with Crippen LogP contribution in [0.3, 0.4) is 0 Å². The minimum Gasteiger partial charge on any atom is -0.507 e. The highest BCUT2D eigenvalue weighted by atomic mass is 16.6. The molecule has 1 aliphatic heterocycles. The molecule has 7 heteroatoms. The lowest BCUT2D eigenvalue weighted by atomic mass is 10.0. The maximum absolute atomic E-state index is 13.1. The zero-order valence-corrected chi connectivity index (χ0v) is 20.7. The molecule has 2 aromatic carbocycles. The Hall–Kier alpha value is -3.87. The zero-order chi connectivity index (χ0) is 25.9. The van der Waals surface area contributed by atoms with E-state index < -0.39 is 23.2 Å². The van der Waals surface area contributed by atoms with E-state index in [1.54, 1.807) is 0 Å². The molecule has 2 aromatic rings. The van der Waals surface area contributed by atoms with Crippen molar-refractivity contribution in [2.45, 2.75) is 60.3 Å². The minimum atomic E-state index is -0.898. The number of benzene rings is 2. The summed E-state index contributed by atoms with van der Waals surface area (Å²) in [5, 5.41) is 42.1. The number of carbonyl (C=O) groups excluding carboxylic acids is 1. The Kier molecular flexibility index (Phi) is 7.79. The monoisotopic (exact) mass is 480 g/mol. The van der Waals surface area contributed by atoms with E-state index in [-0.39, 0.29) is 40.5 Å². The van der Waals surface area contributed by atoms with E-state index in [2.05, 4.69) is 6.08 Å². The van der Waals surface area contributed by atoms with Gasteiger partial charge in [0.1, 0.15) is 22.8 Å². The Morgan fingerprint density at radius 2 is 1.49 bits per heavy atom. The lowest BCUT2D eigenvalue weighted by molar-refractivity contribution is 0.0732. The topological polar surface area (TPSA) is 116 Å². The van der Waals surface area contributed by atoms with Gasteiger partial charge >= 0.3 is 5.97 Å². The van der Waals surface area contributed by atoms with Crippen molar-refractivity contribution in [2.24, 2.45) is 0 Å². The summed E-state index contributed by atoms with van der Waals surface area (Å²) in [7, 11) is 0. The molecule has 0 amide bonds. The predicted octanol–water partition coefficient (Wildman–Crippen LogP) is 6.58. The number of rotatable bonds is 7. The summed E-state index contributed by atoms with van der Waals surface area (Å²) in [6.07, 6.45) is 8.12. The SMILES string of the molecule is CC(C)=CCC/C(C)=C/Cc1c(O)cc2c(c1O)C(=O)Oc1c(CC=C(C)C)cc(O)c(O)c1O2. The van der Waals surface area contributed by atoms with Crippen LogP contribution in [0.15, 0.2) is 47.1 Å². The summed E-state index contributed by atoms with van der Waals surface area (Å²) in [5.74, 6) is -3.20. The third-order valence-electron chi connectivity index (χ3n) is 5.70. The number of allylic oxidation sites excluding steroid dienone is 6. The first kappa shape index (κ1) is 25.7. The van der Waals surface area contributed by atoms with Gasteiger partial charge in [0.2, 0.25) is 11.5 Å². The summed E-state index contributed by atoms with van der Waals surface area (Å²) < 4.78 is 11.3. The van der Waals surface area contributed by atoms with E-state index in [9.17, 15) is 25.2 Å². The number of ether oxygens (including phenoxy) is 2. The van der Waals surface area contributed by atoms with Gasteiger partial charge in [-0.05, 0) is 66.4 Å². The quantitative estimate of drug-likeness (QED) is 0.153. The number of hydrogen-bond donors (Lipinski definition) is 4. The third kappa shape index (κ3) is 5.80. The molecule has 0 radical (unpaired) electrons. The van der Waals surface area contributed by atoms with Crippen LogP contribution in [0.25, 0.3) is 0 Å². The second-order valence-corrected chi connectivity index (χ2v) is 9.21. The van der Waals surface area contributed by atoms with Crippen molar-refractivity contribution in [3.8, 4) is 40.2 Å². The van der Waals surface area contributed by atoms with Gasteiger partial charge in [0, 0.05) is 17.2 Å². The standard InChI is InChI=1S/C28H32O7/c1-15(2)7-6-8-17(5)10-12-19-20(29)14-22-23(24(19)31)28(33)35-26-18(11-9-16(3)4)13-21(30)25(32)27(26)34-22/h7,9-10,13-14,29-32H,6,8,11-12H2,1-5H3/b17-10+. The predicted molar refractivity (Wildman–Crippen MR) is 134 cm³/mol. The molecule has 4 N–H and O–H groups in total. The molecule has 35 heavy (non-hydrogen) atoms. The van der Waals surface area contributed by atoms with E-state index in [0.29, 0.717) is 12.0 Å². The van der Waals surface area contributed by atoms with E-state index in [0.717, 1.165) is 24.0 Å². The van der Waals surface area contributed by atoms with Gasteiger partial charge in [-0.2, -0.15) is 0 Å². The van der Waals surface area contributed by atoms with Crippen molar-refractivity contribution in [1.29, 1.82) is 0 Å². The number of phenolic OH excluding ortho intramolecular Hbond substituents is 4. The number of carbonyl (C=O) groups is 1. The highest BCUT2D eigenvalue weighted by Crippen LogP contribution is 2.52. The van der Waals surface area contributed by atoms with E-state index in [4.69, 9.17) is 9.47 Å². The number of hydrogen-bond acceptors (Lipinski definition) is 7. The van der Waals surface area contributed by atoms with Crippen LogP contribution < -0.4 is 9.47 Å². The minimum absolute atomic E-state index is 0.0607. The molecule has 7 nitrogen and oxygen atoms in total. The Balaban J connectivity index is 2.01. The molecule has 0 saturated carbocycles. The average Bonchev–Trinajstić information content (AvgIpc) is 2.91. The Morgan fingerprint density at radius 3 is 2.14 bits per heavy atom. The number of esters is 1. The van der Waals surface area contributed by atoms with Gasteiger partial charge in [-0.15, -0.1) is 0 Å². The van der Waals surface area contributed by atoms with Crippen molar-refractivity contribution >= 4 is 5.97 Å². The van der Waals surface area contributed by atoms with Gasteiger partial charge in [-0.1, -0.05) is 34.9 Å². The maximum Gasteiger partial charge on any atom is 0.351 e. The summed E-state index contributed by atoms with van der Waals surface area (Å²) in [6.45, 7) is 9.84. The summed E-state index contributed by atoms with van der Waals surface area (Å²) in [5.41, 5.74) is 3.63. The molecule has 1 aliphatic rings. The highest BCUT2D eigenvalue weighted by Gasteiger charge is 2.33. The molecule has 0 atom stereocenters. The number of fused-ring (bicyclic) bond motifs is 2.